The molecule has 1 N–H and O–H groups in total. The number of carbonyl (C=O) groups excluding carboxylic acids is 4. The van der Waals surface area contributed by atoms with Crippen molar-refractivity contribution in [2.24, 2.45) is 35.0 Å². The number of amides is 4. The Morgan fingerprint density at radius 2 is 1.78 bits per heavy atom. The van der Waals surface area contributed by atoms with Gasteiger partial charge < -0.3 is 9.84 Å². The van der Waals surface area contributed by atoms with Crippen LogP contribution >= 0.6 is 0 Å². The third kappa shape index (κ3) is 3.95. The average molecular weight is 555 g/mol. The second-order valence-corrected chi connectivity index (χ2v) is 11.7. The molecule has 1 saturated carbocycles. The minimum Gasteiger partial charge on any atom is -0.504 e. The number of nitrogens with zero attached hydrogens (tertiary/aromatic N) is 2. The van der Waals surface area contributed by atoms with Crippen molar-refractivity contribution in [3.05, 3.63) is 71.8 Å². The lowest BCUT2D eigenvalue weighted by molar-refractivity contribution is -0.140. The van der Waals surface area contributed by atoms with Crippen LogP contribution in [0.5, 0.6) is 11.5 Å². The number of carbonyl (C=O) groups is 4. The number of aromatic hydroxyl groups is 1. The second-order valence-electron chi connectivity index (χ2n) is 11.7. The maximum absolute atomic E-state index is 14.3. The first kappa shape index (κ1) is 27.0. The first-order valence-electron chi connectivity index (χ1n) is 14.3. The predicted molar refractivity (Wildman–Crippen MR) is 153 cm³/mol. The summed E-state index contributed by atoms with van der Waals surface area (Å²) in [6.45, 7) is 4.19. The Hall–Kier alpha value is -4.20. The summed E-state index contributed by atoms with van der Waals surface area (Å²) in [5, 5.41) is 10.1. The number of ether oxygens (including phenoxy) is 1. The third-order valence-corrected chi connectivity index (χ3v) is 9.58. The highest BCUT2D eigenvalue weighted by atomic mass is 16.5. The van der Waals surface area contributed by atoms with E-state index in [1.807, 2.05) is 38.1 Å². The van der Waals surface area contributed by atoms with Gasteiger partial charge in [0.25, 0.3) is 0 Å². The Bertz CT molecular complexity index is 1500. The molecule has 4 aliphatic rings. The normalized spacial score (nSPS) is 30.9. The molecule has 0 aromatic heterocycles. The highest BCUT2D eigenvalue weighted by molar-refractivity contribution is 6.24. The van der Waals surface area contributed by atoms with Crippen LogP contribution in [0.4, 0.5) is 5.69 Å². The summed E-state index contributed by atoms with van der Waals surface area (Å²) in [7, 11) is 1.48. The zero-order valence-corrected chi connectivity index (χ0v) is 23.4. The van der Waals surface area contributed by atoms with Gasteiger partial charge in [0, 0.05) is 12.5 Å². The van der Waals surface area contributed by atoms with Gasteiger partial charge >= 0.3 is 0 Å². The SMILES string of the molecule is CCCN1C(=O)[C@H]2[C@H](CC=C3[C@H]2C[C@H]2C(=O)N(c4ccccc4)C(=O)[C@@]2(C)[C@H]3C=Cc2ccc(O)c(OC)c2)C1=O. The topological polar surface area (TPSA) is 104 Å². The zero-order valence-electron chi connectivity index (χ0n) is 23.4. The summed E-state index contributed by atoms with van der Waals surface area (Å²) in [4.78, 5) is 57.9. The lowest BCUT2D eigenvalue weighted by Crippen LogP contribution is -2.49. The van der Waals surface area contributed by atoms with Crippen molar-refractivity contribution in [3.8, 4) is 11.5 Å². The molecule has 0 bridgehead atoms. The van der Waals surface area contributed by atoms with Crippen molar-refractivity contribution >= 4 is 35.4 Å². The van der Waals surface area contributed by atoms with Crippen molar-refractivity contribution in [2.75, 3.05) is 18.6 Å². The average Bonchev–Trinajstić information content (AvgIpc) is 3.33. The van der Waals surface area contributed by atoms with E-state index in [0.717, 1.165) is 11.1 Å². The van der Waals surface area contributed by atoms with Gasteiger partial charge in [-0.05, 0) is 61.9 Å². The van der Waals surface area contributed by atoms with Crippen molar-refractivity contribution in [1.82, 2.24) is 4.90 Å². The number of benzene rings is 2. The standard InChI is InChI=1S/C33H34N2O6/c1-4-16-34-29(37)22-13-12-21-23(28(22)31(34)39)18-25-30(38)35(20-8-6-5-7-9-20)32(40)33(25,2)24(21)14-10-19-11-15-26(36)27(17-19)41-3/h5-12,14-15,17,22-25,28,36H,4,13,16,18H2,1-3H3/t22-,23+,24-,25-,28-,33-/m0/s1. The van der Waals surface area contributed by atoms with Crippen LogP contribution < -0.4 is 9.64 Å². The number of fused-ring (bicyclic) bond motifs is 4. The van der Waals surface area contributed by atoms with Crippen LogP contribution in [0.1, 0.15) is 38.7 Å². The van der Waals surface area contributed by atoms with E-state index in [2.05, 4.69) is 0 Å². The Morgan fingerprint density at radius 3 is 2.49 bits per heavy atom. The molecular weight excluding hydrogens is 520 g/mol. The fourth-order valence-corrected chi connectivity index (χ4v) is 7.56. The van der Waals surface area contributed by atoms with Gasteiger partial charge in [-0.1, -0.05) is 55.0 Å². The van der Waals surface area contributed by atoms with E-state index in [4.69, 9.17) is 4.74 Å². The van der Waals surface area contributed by atoms with Crippen LogP contribution in [0.25, 0.3) is 6.08 Å². The Labute approximate surface area is 239 Å². The maximum atomic E-state index is 14.3. The number of para-hydroxylation sites is 1. The lowest BCUT2D eigenvalue weighted by Gasteiger charge is -2.47. The fourth-order valence-electron chi connectivity index (χ4n) is 7.56. The van der Waals surface area contributed by atoms with Crippen molar-refractivity contribution in [2.45, 2.75) is 33.1 Å². The van der Waals surface area contributed by atoms with E-state index in [-0.39, 0.29) is 35.3 Å². The van der Waals surface area contributed by atoms with E-state index in [1.54, 1.807) is 42.5 Å². The number of likely N-dealkylation sites (tertiary alicyclic amines) is 1. The van der Waals surface area contributed by atoms with Gasteiger partial charge in [-0.2, -0.15) is 0 Å². The molecular formula is C33H34N2O6. The van der Waals surface area contributed by atoms with E-state index in [0.29, 0.717) is 37.2 Å². The van der Waals surface area contributed by atoms with Crippen LogP contribution in [0.2, 0.25) is 0 Å². The molecule has 2 aromatic carbocycles. The number of anilines is 1. The molecule has 2 aliphatic heterocycles. The van der Waals surface area contributed by atoms with E-state index in [9.17, 15) is 24.3 Å². The highest BCUT2D eigenvalue weighted by Crippen LogP contribution is 2.61. The van der Waals surface area contributed by atoms with E-state index >= 15 is 0 Å². The molecule has 2 saturated heterocycles. The van der Waals surface area contributed by atoms with Gasteiger partial charge in [-0.25, -0.2) is 4.90 Å². The molecule has 6 rings (SSSR count). The number of allylic oxidation sites excluding steroid dienone is 3. The molecule has 2 aliphatic carbocycles. The van der Waals surface area contributed by atoms with Gasteiger partial charge in [0.05, 0.1) is 36.0 Å². The molecule has 8 nitrogen and oxygen atoms in total. The zero-order chi connectivity index (χ0) is 29.1. The first-order valence-corrected chi connectivity index (χ1v) is 14.3. The van der Waals surface area contributed by atoms with Gasteiger partial charge in [0.2, 0.25) is 23.6 Å². The van der Waals surface area contributed by atoms with Crippen LogP contribution in [-0.4, -0.2) is 47.3 Å². The number of phenolic OH excluding ortho intramolecular Hbond substituents is 1. The van der Waals surface area contributed by atoms with Crippen molar-refractivity contribution < 1.29 is 29.0 Å². The second kappa shape index (κ2) is 10.0. The van der Waals surface area contributed by atoms with Crippen molar-refractivity contribution in [3.63, 3.8) is 0 Å². The lowest BCUT2D eigenvalue weighted by atomic mass is 9.52. The Morgan fingerprint density at radius 1 is 1.02 bits per heavy atom. The number of rotatable bonds is 6. The largest absolute Gasteiger partial charge is 0.504 e. The number of hydrogen-bond acceptors (Lipinski definition) is 6. The molecule has 6 atom stereocenters. The third-order valence-electron chi connectivity index (χ3n) is 9.58. The van der Waals surface area contributed by atoms with Gasteiger partial charge in [0.15, 0.2) is 11.5 Å². The molecule has 0 unspecified atom stereocenters. The molecule has 212 valence electrons. The maximum Gasteiger partial charge on any atom is 0.241 e. The summed E-state index contributed by atoms with van der Waals surface area (Å²) in [5.41, 5.74) is 1.16. The number of methoxy groups -OCH3 is 1. The van der Waals surface area contributed by atoms with Gasteiger partial charge in [0.1, 0.15) is 0 Å². The molecule has 41 heavy (non-hydrogen) atoms. The van der Waals surface area contributed by atoms with E-state index < -0.39 is 29.1 Å². The summed E-state index contributed by atoms with van der Waals surface area (Å²) >= 11 is 0. The number of phenols is 1. The molecule has 2 aromatic rings. The Balaban J connectivity index is 1.46. The number of imide groups is 2. The highest BCUT2D eigenvalue weighted by Gasteiger charge is 2.66. The quantitative estimate of drug-likeness (QED) is 0.414. The minimum absolute atomic E-state index is 0.0200. The molecule has 4 amide bonds. The summed E-state index contributed by atoms with van der Waals surface area (Å²) in [6, 6.07) is 14.0. The Kier molecular flexibility index (Phi) is 6.59. The summed E-state index contributed by atoms with van der Waals surface area (Å²) in [6.07, 6.45) is 7.32. The van der Waals surface area contributed by atoms with E-state index in [1.165, 1.54) is 16.9 Å². The van der Waals surface area contributed by atoms with Crippen LogP contribution in [0.3, 0.4) is 0 Å². The van der Waals surface area contributed by atoms with Crippen LogP contribution in [0, 0.1) is 35.0 Å². The van der Waals surface area contributed by atoms with Crippen LogP contribution in [0.15, 0.2) is 66.3 Å². The smallest absolute Gasteiger partial charge is 0.241 e. The van der Waals surface area contributed by atoms with Crippen LogP contribution in [-0.2, 0) is 19.2 Å². The minimum atomic E-state index is -1.08. The predicted octanol–water partition coefficient (Wildman–Crippen LogP) is 4.59. The van der Waals surface area contributed by atoms with Gasteiger partial charge in [-0.3, -0.25) is 24.1 Å². The number of hydrogen-bond donors (Lipinski definition) is 1. The monoisotopic (exact) mass is 554 g/mol. The molecule has 3 fully saturated rings. The van der Waals surface area contributed by atoms with Gasteiger partial charge in [-0.15, -0.1) is 0 Å². The molecule has 0 radical (unpaired) electrons. The molecule has 2 heterocycles. The fraction of sp³-hybridized carbons (Fsp3) is 0.394. The molecule has 8 heteroatoms. The molecule has 0 spiro atoms. The summed E-state index contributed by atoms with van der Waals surface area (Å²) < 4.78 is 5.27. The van der Waals surface area contributed by atoms with Crippen molar-refractivity contribution in [1.29, 1.82) is 0 Å². The first-order chi connectivity index (χ1) is 19.7. The summed E-state index contributed by atoms with van der Waals surface area (Å²) in [5.74, 6) is -2.89.